The van der Waals surface area contributed by atoms with Gasteiger partial charge in [0.15, 0.2) is 0 Å². The topological polar surface area (TPSA) is 68.2 Å². The van der Waals surface area contributed by atoms with E-state index < -0.39 is 18.8 Å². The first-order valence-corrected chi connectivity index (χ1v) is 7.24. The average Bonchev–Trinajstić information content (AvgIpc) is 3.02. The van der Waals surface area contributed by atoms with Gasteiger partial charge in [0, 0.05) is 11.8 Å². The molecule has 0 radical (unpaired) electrons. The first kappa shape index (κ1) is 16.2. The molecule has 2 aromatic rings. The van der Waals surface area contributed by atoms with Gasteiger partial charge in [0.2, 0.25) is 0 Å². The van der Waals surface area contributed by atoms with Crippen LogP contribution in [0.3, 0.4) is 0 Å². The summed E-state index contributed by atoms with van der Waals surface area (Å²) in [6, 6.07) is 6.46. The van der Waals surface area contributed by atoms with Crippen molar-refractivity contribution in [3.8, 4) is 5.75 Å². The summed E-state index contributed by atoms with van der Waals surface area (Å²) in [5.41, 5.74) is 1.03. The standard InChI is InChI=1S/C15H15F3N4O2/c1-9-13(11-4-2-3-5-12(11)24-9)21-14(23)20-10-6-19-22(7-10)8-15(16,17)18/h2-7,9,13H,8H2,1H3,(H2,20,21,23). The summed E-state index contributed by atoms with van der Waals surface area (Å²) in [7, 11) is 0. The summed E-state index contributed by atoms with van der Waals surface area (Å²) in [6.45, 7) is 0.615. The lowest BCUT2D eigenvalue weighted by atomic mass is 10.1. The van der Waals surface area contributed by atoms with Crippen LogP contribution in [0.1, 0.15) is 18.5 Å². The second kappa shape index (κ2) is 6.06. The minimum atomic E-state index is -4.37. The Hall–Kier alpha value is -2.71. The molecule has 24 heavy (non-hydrogen) atoms. The first-order valence-electron chi connectivity index (χ1n) is 7.24. The molecule has 2 heterocycles. The molecule has 0 bridgehead atoms. The van der Waals surface area contributed by atoms with Crippen LogP contribution in [0.25, 0.3) is 0 Å². The van der Waals surface area contributed by atoms with Gasteiger partial charge in [0.1, 0.15) is 18.4 Å². The van der Waals surface area contributed by atoms with E-state index in [1.165, 1.54) is 0 Å². The highest BCUT2D eigenvalue weighted by Crippen LogP contribution is 2.36. The monoisotopic (exact) mass is 340 g/mol. The lowest BCUT2D eigenvalue weighted by molar-refractivity contribution is -0.142. The van der Waals surface area contributed by atoms with Crippen LogP contribution < -0.4 is 15.4 Å². The smallest absolute Gasteiger partial charge is 0.408 e. The Balaban J connectivity index is 1.62. The Labute approximate surface area is 135 Å². The summed E-state index contributed by atoms with van der Waals surface area (Å²) in [5.74, 6) is 0.702. The molecule has 0 saturated heterocycles. The highest BCUT2D eigenvalue weighted by atomic mass is 19.4. The van der Waals surface area contributed by atoms with Crippen molar-refractivity contribution in [3.05, 3.63) is 42.2 Å². The molecule has 0 fully saturated rings. The molecule has 1 aromatic heterocycles. The maximum Gasteiger partial charge on any atom is 0.408 e. The van der Waals surface area contributed by atoms with Crippen molar-refractivity contribution in [1.82, 2.24) is 15.1 Å². The molecule has 9 heteroatoms. The van der Waals surface area contributed by atoms with E-state index in [0.717, 1.165) is 18.0 Å². The number of halogens is 3. The van der Waals surface area contributed by atoms with Crippen LogP contribution in [0.5, 0.6) is 5.75 Å². The van der Waals surface area contributed by atoms with E-state index in [0.29, 0.717) is 10.4 Å². The SMILES string of the molecule is CC1Oc2ccccc2C1NC(=O)Nc1cnn(CC(F)(F)F)c1. The molecular weight excluding hydrogens is 325 g/mol. The van der Waals surface area contributed by atoms with Crippen molar-refractivity contribution in [2.24, 2.45) is 0 Å². The van der Waals surface area contributed by atoms with Crippen LogP contribution in [0, 0.1) is 0 Å². The summed E-state index contributed by atoms with van der Waals surface area (Å²) in [4.78, 5) is 12.1. The highest BCUT2D eigenvalue weighted by Gasteiger charge is 2.32. The molecule has 1 aliphatic rings. The van der Waals surface area contributed by atoms with Crippen molar-refractivity contribution < 1.29 is 22.7 Å². The number of ether oxygens (including phenoxy) is 1. The number of urea groups is 1. The van der Waals surface area contributed by atoms with Crippen molar-refractivity contribution in [2.75, 3.05) is 5.32 Å². The lowest BCUT2D eigenvalue weighted by Gasteiger charge is -2.16. The fraction of sp³-hybridized carbons (Fsp3) is 0.333. The number of hydrogen-bond acceptors (Lipinski definition) is 3. The van der Waals surface area contributed by atoms with E-state index in [-0.39, 0.29) is 17.8 Å². The highest BCUT2D eigenvalue weighted by molar-refractivity contribution is 5.89. The number of aromatic nitrogens is 2. The second-order valence-electron chi connectivity index (χ2n) is 5.48. The van der Waals surface area contributed by atoms with E-state index >= 15 is 0 Å². The zero-order chi connectivity index (χ0) is 17.3. The minimum absolute atomic E-state index is 0.177. The largest absolute Gasteiger partial charge is 0.488 e. The van der Waals surface area contributed by atoms with Crippen LogP contribution >= 0.6 is 0 Å². The van der Waals surface area contributed by atoms with Crippen LogP contribution in [0.2, 0.25) is 0 Å². The Bertz CT molecular complexity index is 744. The molecule has 3 rings (SSSR count). The number of anilines is 1. The van der Waals surface area contributed by atoms with Gasteiger partial charge in [-0.15, -0.1) is 0 Å². The third-order valence-electron chi connectivity index (χ3n) is 3.56. The number of fused-ring (bicyclic) bond motifs is 1. The Kier molecular flexibility index (Phi) is 4.08. The number of benzene rings is 1. The van der Waals surface area contributed by atoms with Gasteiger partial charge >= 0.3 is 12.2 Å². The van der Waals surface area contributed by atoms with Crippen LogP contribution in [0.4, 0.5) is 23.7 Å². The van der Waals surface area contributed by atoms with Gasteiger partial charge in [0.25, 0.3) is 0 Å². The van der Waals surface area contributed by atoms with Gasteiger partial charge in [0.05, 0.1) is 17.9 Å². The number of amides is 2. The Morgan fingerprint density at radius 1 is 1.38 bits per heavy atom. The van der Waals surface area contributed by atoms with Gasteiger partial charge in [-0.1, -0.05) is 18.2 Å². The summed E-state index contributed by atoms with van der Waals surface area (Å²) < 4.78 is 43.2. The van der Waals surface area contributed by atoms with E-state index in [4.69, 9.17) is 4.74 Å². The number of alkyl halides is 3. The zero-order valence-corrected chi connectivity index (χ0v) is 12.7. The maximum absolute atomic E-state index is 12.3. The fourth-order valence-electron chi connectivity index (χ4n) is 2.57. The quantitative estimate of drug-likeness (QED) is 0.902. The molecule has 0 saturated carbocycles. The Morgan fingerprint density at radius 3 is 2.88 bits per heavy atom. The third-order valence-corrected chi connectivity index (χ3v) is 3.56. The van der Waals surface area contributed by atoms with Gasteiger partial charge in [-0.05, 0) is 13.0 Å². The zero-order valence-electron chi connectivity index (χ0n) is 12.7. The van der Waals surface area contributed by atoms with E-state index in [1.54, 1.807) is 0 Å². The van der Waals surface area contributed by atoms with Crippen molar-refractivity contribution in [2.45, 2.75) is 31.8 Å². The molecular formula is C15H15F3N4O2. The van der Waals surface area contributed by atoms with Gasteiger partial charge in [-0.3, -0.25) is 4.68 Å². The predicted octanol–water partition coefficient (Wildman–Crippen LogP) is 3.09. The van der Waals surface area contributed by atoms with Crippen molar-refractivity contribution in [3.63, 3.8) is 0 Å². The summed E-state index contributed by atoms with van der Waals surface area (Å²) in [5, 5.41) is 8.79. The molecule has 1 aliphatic heterocycles. The summed E-state index contributed by atoms with van der Waals surface area (Å²) >= 11 is 0. The van der Waals surface area contributed by atoms with E-state index in [1.807, 2.05) is 31.2 Å². The Morgan fingerprint density at radius 2 is 2.12 bits per heavy atom. The number of nitrogens with one attached hydrogen (secondary N) is 2. The molecule has 1 aromatic carbocycles. The van der Waals surface area contributed by atoms with Crippen LogP contribution in [-0.4, -0.2) is 28.1 Å². The maximum atomic E-state index is 12.3. The van der Waals surface area contributed by atoms with Gasteiger partial charge < -0.3 is 15.4 Å². The second-order valence-corrected chi connectivity index (χ2v) is 5.48. The normalized spacial score (nSPS) is 19.5. The van der Waals surface area contributed by atoms with Gasteiger partial charge in [-0.2, -0.15) is 18.3 Å². The molecule has 2 unspecified atom stereocenters. The molecule has 0 aliphatic carbocycles. The molecule has 2 amide bonds. The fourth-order valence-corrected chi connectivity index (χ4v) is 2.57. The van der Waals surface area contributed by atoms with Crippen molar-refractivity contribution >= 4 is 11.7 Å². The molecule has 6 nitrogen and oxygen atoms in total. The molecule has 2 atom stereocenters. The molecule has 0 spiro atoms. The van der Waals surface area contributed by atoms with Crippen LogP contribution in [-0.2, 0) is 6.54 Å². The average molecular weight is 340 g/mol. The van der Waals surface area contributed by atoms with E-state index in [9.17, 15) is 18.0 Å². The number of nitrogens with zero attached hydrogens (tertiary/aromatic N) is 2. The number of para-hydroxylation sites is 1. The molecule has 2 N–H and O–H groups in total. The number of hydrogen-bond donors (Lipinski definition) is 2. The van der Waals surface area contributed by atoms with Crippen molar-refractivity contribution in [1.29, 1.82) is 0 Å². The molecule has 128 valence electrons. The minimum Gasteiger partial charge on any atom is -0.488 e. The summed E-state index contributed by atoms with van der Waals surface area (Å²) in [6.07, 6.45) is -2.34. The first-order chi connectivity index (χ1) is 11.3. The number of rotatable bonds is 3. The van der Waals surface area contributed by atoms with Gasteiger partial charge in [-0.25, -0.2) is 4.79 Å². The number of carbonyl (C=O) groups excluding carboxylic acids is 1. The predicted molar refractivity (Wildman–Crippen MR) is 79.7 cm³/mol. The third kappa shape index (κ3) is 3.61. The van der Waals surface area contributed by atoms with Crippen LogP contribution in [0.15, 0.2) is 36.7 Å². The van der Waals surface area contributed by atoms with E-state index in [2.05, 4.69) is 15.7 Å². The lowest BCUT2D eigenvalue weighted by Crippen LogP contribution is -2.36. The number of carbonyl (C=O) groups is 1.